The van der Waals surface area contributed by atoms with Crippen LogP contribution >= 0.6 is 0 Å². The minimum atomic E-state index is -1.17. The number of carboxylic acid groups (broad SMARTS) is 2. The third-order valence-corrected chi connectivity index (χ3v) is 3.91. The van der Waals surface area contributed by atoms with Crippen molar-refractivity contribution in [2.75, 3.05) is 13.2 Å². The Balaban J connectivity index is -0.000000604. The molecule has 0 amide bonds. The standard InChI is InChI=1S/C15H29NO4.C5H9NO4.ClH/c1-11(2)7-9-19-14(17)6-5-13(16)15(18)20-10-8-12(3)4;6-3(5(9)10)1-2-4(7)8;/h11-13H,5-10,16H2,1-4H3;3H,1-2,6H2,(H,7,8)(H,9,10);1H/t13-;3-;/m00./s1. The molecule has 0 aliphatic heterocycles. The first-order chi connectivity index (χ1) is 13.9. The molecule has 7 N–H and O–H groups in total. The van der Waals surface area contributed by atoms with Gasteiger partial charge in [-0.2, -0.15) is 0 Å². The molecule has 0 radical (unpaired) electrons. The van der Waals surface area contributed by atoms with E-state index in [-0.39, 0.29) is 43.6 Å². The number of halogens is 1. The quantitative estimate of drug-likeness (QED) is 0.205. The predicted molar refractivity (Wildman–Crippen MR) is 109 cm³/mol. The van der Waals surface area contributed by atoms with Gasteiger partial charge in [0.1, 0.15) is 6.04 Å². The SMILES string of the molecule is CC(C)CCOC(=O)CC[C@H]([NH3+])C(=O)OCCC(C)C.N[C@@H](CCC(=O)O)C(=O)O.[Cl-]. The van der Waals surface area contributed by atoms with Crippen molar-refractivity contribution in [3.05, 3.63) is 0 Å². The van der Waals surface area contributed by atoms with Crippen LogP contribution in [0.15, 0.2) is 0 Å². The maximum absolute atomic E-state index is 11.6. The highest BCUT2D eigenvalue weighted by Crippen LogP contribution is 2.04. The highest BCUT2D eigenvalue weighted by Gasteiger charge is 2.20. The zero-order valence-electron chi connectivity index (χ0n) is 19.0. The summed E-state index contributed by atoms with van der Waals surface area (Å²) in [7, 11) is 0. The monoisotopic (exact) mass is 470 g/mol. The summed E-state index contributed by atoms with van der Waals surface area (Å²) in [6.45, 7) is 9.16. The van der Waals surface area contributed by atoms with Crippen molar-refractivity contribution < 1.29 is 57.0 Å². The lowest BCUT2D eigenvalue weighted by molar-refractivity contribution is -0.409. The molecule has 11 heteroatoms. The number of ether oxygens (including phenoxy) is 2. The van der Waals surface area contributed by atoms with Gasteiger partial charge in [0.25, 0.3) is 0 Å². The first kappa shape index (κ1) is 33.7. The summed E-state index contributed by atoms with van der Waals surface area (Å²) >= 11 is 0. The summed E-state index contributed by atoms with van der Waals surface area (Å²) in [5, 5.41) is 16.3. The van der Waals surface area contributed by atoms with E-state index < -0.39 is 24.0 Å². The smallest absolute Gasteiger partial charge is 0.364 e. The van der Waals surface area contributed by atoms with E-state index in [1.807, 2.05) is 0 Å². The van der Waals surface area contributed by atoms with Gasteiger partial charge in [0.15, 0.2) is 6.04 Å². The fourth-order valence-electron chi connectivity index (χ4n) is 1.81. The molecule has 0 aromatic heterocycles. The molecule has 0 unspecified atom stereocenters. The third-order valence-electron chi connectivity index (χ3n) is 3.91. The van der Waals surface area contributed by atoms with Crippen LogP contribution in [0.4, 0.5) is 0 Å². The van der Waals surface area contributed by atoms with Crippen molar-refractivity contribution in [2.45, 2.75) is 78.3 Å². The lowest BCUT2D eigenvalue weighted by Gasteiger charge is -2.10. The van der Waals surface area contributed by atoms with Crippen LogP contribution in [0.2, 0.25) is 0 Å². The molecule has 0 aromatic carbocycles. The number of hydrogen-bond acceptors (Lipinski definition) is 7. The van der Waals surface area contributed by atoms with Crippen molar-refractivity contribution in [1.29, 1.82) is 0 Å². The van der Waals surface area contributed by atoms with Gasteiger partial charge >= 0.3 is 23.9 Å². The van der Waals surface area contributed by atoms with E-state index in [1.165, 1.54) is 0 Å². The summed E-state index contributed by atoms with van der Waals surface area (Å²) in [6.07, 6.45) is 2.07. The van der Waals surface area contributed by atoms with Crippen molar-refractivity contribution >= 4 is 23.9 Å². The van der Waals surface area contributed by atoms with Crippen molar-refractivity contribution in [3.63, 3.8) is 0 Å². The lowest BCUT2D eigenvalue weighted by atomic mass is 10.1. The number of nitrogens with two attached hydrogens (primary N) is 1. The van der Waals surface area contributed by atoms with Crippen molar-refractivity contribution in [3.8, 4) is 0 Å². The lowest BCUT2D eigenvalue weighted by Crippen LogP contribution is -3.00. The molecule has 2 atom stereocenters. The van der Waals surface area contributed by atoms with E-state index in [2.05, 4.69) is 33.4 Å². The molecule has 0 heterocycles. The second-order valence-electron chi connectivity index (χ2n) is 7.87. The van der Waals surface area contributed by atoms with Gasteiger partial charge in [0.05, 0.1) is 19.6 Å². The summed E-state index contributed by atoms with van der Waals surface area (Å²) in [4.78, 5) is 42.9. The molecule has 0 saturated carbocycles. The van der Waals surface area contributed by atoms with Gasteiger partial charge in [-0.15, -0.1) is 0 Å². The van der Waals surface area contributed by atoms with Crippen LogP contribution in [0.1, 0.15) is 66.2 Å². The van der Waals surface area contributed by atoms with Gasteiger partial charge in [0, 0.05) is 12.8 Å². The summed E-state index contributed by atoms with van der Waals surface area (Å²) in [5.74, 6) is -1.78. The molecular weight excluding hydrogens is 432 g/mol. The predicted octanol–water partition coefficient (Wildman–Crippen LogP) is -2.18. The molecule has 10 nitrogen and oxygen atoms in total. The van der Waals surface area contributed by atoms with E-state index >= 15 is 0 Å². The van der Waals surface area contributed by atoms with Gasteiger partial charge in [0.2, 0.25) is 0 Å². The minimum absolute atomic E-state index is 0. The summed E-state index contributed by atoms with van der Waals surface area (Å²) in [6, 6.07) is -1.56. The maximum Gasteiger partial charge on any atom is 0.364 e. The third kappa shape index (κ3) is 24.2. The topological polar surface area (TPSA) is 181 Å². The van der Waals surface area contributed by atoms with Crippen molar-refractivity contribution in [2.24, 2.45) is 17.6 Å². The fourth-order valence-corrected chi connectivity index (χ4v) is 1.81. The van der Waals surface area contributed by atoms with E-state index in [0.29, 0.717) is 31.5 Å². The second-order valence-corrected chi connectivity index (χ2v) is 7.87. The van der Waals surface area contributed by atoms with Gasteiger partial charge in [-0.05, 0) is 31.1 Å². The van der Waals surface area contributed by atoms with Crippen LogP contribution in [0.25, 0.3) is 0 Å². The number of rotatable bonds is 14. The molecule has 0 aliphatic carbocycles. The highest BCUT2D eigenvalue weighted by molar-refractivity contribution is 5.76. The Labute approximate surface area is 190 Å². The Morgan fingerprint density at radius 2 is 1.32 bits per heavy atom. The Morgan fingerprint density at radius 1 is 0.839 bits per heavy atom. The van der Waals surface area contributed by atoms with Crippen LogP contribution in [0, 0.1) is 11.8 Å². The number of hydrogen-bond donors (Lipinski definition) is 4. The van der Waals surface area contributed by atoms with Gasteiger partial charge in [-0.25, -0.2) is 4.79 Å². The van der Waals surface area contributed by atoms with Gasteiger partial charge < -0.3 is 43.6 Å². The summed E-state index contributed by atoms with van der Waals surface area (Å²) in [5.41, 5.74) is 8.74. The molecule has 184 valence electrons. The van der Waals surface area contributed by atoms with E-state index in [0.717, 1.165) is 12.8 Å². The van der Waals surface area contributed by atoms with Crippen LogP contribution in [-0.4, -0.2) is 59.4 Å². The molecule has 0 fully saturated rings. The number of aliphatic carboxylic acids is 2. The second kappa shape index (κ2) is 20.0. The van der Waals surface area contributed by atoms with Gasteiger partial charge in [-0.1, -0.05) is 27.7 Å². The largest absolute Gasteiger partial charge is 1.00 e. The number of esters is 2. The Kier molecular flexibility index (Phi) is 21.8. The van der Waals surface area contributed by atoms with Crippen molar-refractivity contribution in [1.82, 2.24) is 0 Å². The Morgan fingerprint density at radius 3 is 1.74 bits per heavy atom. The number of quaternary nitrogens is 1. The molecule has 0 rings (SSSR count). The first-order valence-corrected chi connectivity index (χ1v) is 10.2. The molecule has 0 saturated heterocycles. The van der Waals surface area contributed by atoms with Crippen LogP contribution in [-0.2, 0) is 28.7 Å². The normalized spacial score (nSPS) is 12.1. The number of carbonyl (C=O) groups excluding carboxylic acids is 2. The Hall–Kier alpha value is -1.91. The Bertz CT molecular complexity index is 529. The van der Waals surface area contributed by atoms with E-state index in [4.69, 9.17) is 25.4 Å². The summed E-state index contributed by atoms with van der Waals surface area (Å²) < 4.78 is 10.2. The van der Waals surface area contributed by atoms with Gasteiger partial charge in [-0.3, -0.25) is 14.4 Å². The maximum atomic E-state index is 11.6. The van der Waals surface area contributed by atoms with Crippen LogP contribution < -0.4 is 23.9 Å². The number of carboxylic acids is 2. The average molecular weight is 471 g/mol. The van der Waals surface area contributed by atoms with Crippen LogP contribution in [0.5, 0.6) is 0 Å². The first-order valence-electron chi connectivity index (χ1n) is 10.2. The average Bonchev–Trinajstić information content (AvgIpc) is 2.63. The molecule has 0 aromatic rings. The minimum Gasteiger partial charge on any atom is -1.00 e. The molecule has 0 aliphatic rings. The fraction of sp³-hybridized carbons (Fsp3) is 0.800. The van der Waals surface area contributed by atoms with E-state index in [9.17, 15) is 19.2 Å². The highest BCUT2D eigenvalue weighted by atomic mass is 35.5. The molecule has 0 bridgehead atoms. The molecular formula is C20H39ClN2O8. The zero-order valence-corrected chi connectivity index (χ0v) is 19.7. The zero-order chi connectivity index (χ0) is 23.7. The van der Waals surface area contributed by atoms with Crippen LogP contribution in [0.3, 0.4) is 0 Å². The van der Waals surface area contributed by atoms with E-state index in [1.54, 1.807) is 0 Å². The number of carbonyl (C=O) groups is 4. The molecule has 31 heavy (non-hydrogen) atoms. The molecule has 0 spiro atoms.